The van der Waals surface area contributed by atoms with Gasteiger partial charge in [0.25, 0.3) is 5.91 Å². The van der Waals surface area contributed by atoms with Gasteiger partial charge >= 0.3 is 0 Å². The summed E-state index contributed by atoms with van der Waals surface area (Å²) >= 11 is 0. The van der Waals surface area contributed by atoms with Crippen molar-refractivity contribution < 1.29 is 106 Å². The maximum Gasteiger partial charge on any atom is 0.251 e. The van der Waals surface area contributed by atoms with Gasteiger partial charge in [-0.25, -0.2) is 0 Å². The van der Waals surface area contributed by atoms with E-state index in [-0.39, 0.29) is 115 Å². The molecule has 2 aliphatic rings. The van der Waals surface area contributed by atoms with Gasteiger partial charge in [0, 0.05) is 71.9 Å². The average Bonchev–Trinajstić information content (AvgIpc) is 1.78. The molecule has 0 saturated carbocycles. The molecule has 2 heterocycles. The van der Waals surface area contributed by atoms with Crippen LogP contribution in [0.3, 0.4) is 0 Å². The number of nitrogens with zero attached hydrogens (tertiary/aromatic N) is 2. The van der Waals surface area contributed by atoms with Gasteiger partial charge in [-0.3, -0.25) is 95.9 Å². The molecule has 2 fully saturated rings. The van der Waals surface area contributed by atoms with Crippen LogP contribution in [0.2, 0.25) is 0 Å². The summed E-state index contributed by atoms with van der Waals surface area (Å²) in [5.74, 6) is -14.5. The first-order valence-corrected chi connectivity index (χ1v) is 45.2. The van der Waals surface area contributed by atoms with Crippen molar-refractivity contribution in [3.05, 3.63) is 35.9 Å². The van der Waals surface area contributed by atoms with Crippen molar-refractivity contribution >= 4 is 118 Å². The summed E-state index contributed by atoms with van der Waals surface area (Å²) in [5, 5.41) is 67.4. The van der Waals surface area contributed by atoms with E-state index >= 15 is 0 Å². The third kappa shape index (κ3) is 35.9. The van der Waals surface area contributed by atoms with Gasteiger partial charge in [-0.1, -0.05) is 78.8 Å². The Hall–Kier alpha value is -11.5. The van der Waals surface area contributed by atoms with E-state index in [0.29, 0.717) is 24.8 Å². The second-order valence-corrected chi connectivity index (χ2v) is 39.4. The van der Waals surface area contributed by atoms with E-state index in [1.807, 2.05) is 13.8 Å². The third-order valence-corrected chi connectivity index (χ3v) is 22.4. The summed E-state index contributed by atoms with van der Waals surface area (Å²) in [6.07, 6.45) is -1.18. The van der Waals surface area contributed by atoms with Crippen LogP contribution in [0.4, 0.5) is 0 Å². The van der Waals surface area contributed by atoms with Crippen LogP contribution in [0.1, 0.15) is 249 Å². The monoisotopic (exact) mass is 1860 g/mol. The first-order valence-electron chi connectivity index (χ1n) is 45.2. The standard InChI is InChI=1S/C90H150N20O22/c1-26-90(25,106-72(122)60(49-56-32-28-27-29-33-56)100-78(128)86(17,18)107-79(129)87(19,20)103-68(118)54(9)96-73(123)61-34-30-43-109(61)81(131)89(23,24)101-55(10)112)82(132)110-44-31-35-62(110)74(124)95-53(8)67(117)102-83(11,12)66(116)75(125)93-40-37-64(114)97-58(47-51(4)5)70(120)104-84(13,14)76(126)94-41-38-65(115)98-59(48-52(6)7)71(121)105-88(21,22)80(130)108-85(15,16)77(127)99-57(46-50(2)3)69(119)92-39-36-63(113)91-42-45-111/h27-29,32-33,50-54,57-62,66,111,116H,26,30-31,34-49H2,1-25H3,(H,91,113)(H,92,119)(H,93,125)(H,94,126)(H,95,124)(H,96,123)(H,97,114)(H,98,115)(H,99,127)(H,100,128)(H,101,112)(H,102,117)(H,103,118)(H,104,120)(H,105,121)(H,106,122)(H,107,129)(H,108,130). The lowest BCUT2D eigenvalue weighted by atomic mass is 9.94. The zero-order valence-corrected chi connectivity index (χ0v) is 81.7. The molecule has 132 heavy (non-hydrogen) atoms. The number of nitrogens with one attached hydrogen (secondary N) is 18. The molecule has 42 heteroatoms. The Bertz CT molecular complexity index is 4300. The van der Waals surface area contributed by atoms with Crippen molar-refractivity contribution in [2.45, 2.75) is 349 Å². The highest BCUT2D eigenvalue weighted by Gasteiger charge is 2.49. The Balaban J connectivity index is 1.59. The molecule has 10 unspecified atom stereocenters. The fourth-order valence-corrected chi connectivity index (χ4v) is 14.3. The molecule has 0 radical (unpaired) electrons. The smallest absolute Gasteiger partial charge is 0.251 e. The zero-order valence-electron chi connectivity index (χ0n) is 81.7. The number of hydrogen-bond acceptors (Lipinski definition) is 22. The number of aliphatic hydroxyl groups excluding tert-OH is 2. The first-order chi connectivity index (χ1) is 60.8. The van der Waals surface area contributed by atoms with Crippen LogP contribution in [-0.4, -0.2) is 283 Å². The van der Waals surface area contributed by atoms with Crippen LogP contribution in [0.5, 0.6) is 0 Å². The molecular formula is C90H150N20O22. The van der Waals surface area contributed by atoms with Gasteiger partial charge in [0.2, 0.25) is 112 Å². The molecule has 1 aromatic rings. The van der Waals surface area contributed by atoms with Crippen LogP contribution < -0.4 is 95.7 Å². The lowest BCUT2D eigenvalue weighted by molar-refractivity contribution is -0.146. The quantitative estimate of drug-likeness (QED) is 0.0331. The highest BCUT2D eigenvalue weighted by Crippen LogP contribution is 2.27. The molecule has 2 saturated heterocycles. The number of amides is 20. The molecule has 0 spiro atoms. The van der Waals surface area contributed by atoms with E-state index in [1.54, 1.807) is 65.0 Å². The fraction of sp³-hybridized carbons (Fsp3) is 0.711. The maximum absolute atomic E-state index is 14.8. The number of likely N-dealkylation sites (tertiary alicyclic amines) is 2. The maximum atomic E-state index is 14.8. The van der Waals surface area contributed by atoms with Crippen LogP contribution >= 0.6 is 0 Å². The van der Waals surface area contributed by atoms with Crippen molar-refractivity contribution in [3.8, 4) is 0 Å². The average molecular weight is 1860 g/mol. The number of benzene rings is 1. The Morgan fingerprint density at radius 2 is 0.750 bits per heavy atom. The van der Waals surface area contributed by atoms with Gasteiger partial charge in [-0.2, -0.15) is 0 Å². The minimum atomic E-state index is -1.95. The first kappa shape index (κ1) is 115. The lowest BCUT2D eigenvalue weighted by Crippen LogP contribution is -2.66. The van der Waals surface area contributed by atoms with Gasteiger partial charge in [0.1, 0.15) is 87.1 Å². The largest absolute Gasteiger partial charge is 0.395 e. The SMILES string of the molecule is CCC(C)(NC(=O)C(Cc1ccccc1)NC(=O)C(C)(C)NC(=O)C(C)(C)NC(=O)C(C)NC(=O)C1CCCN1C(=O)C(C)(C)NC(C)=O)C(=O)N1CCCC1C(=O)NC(C)C(=O)NC(C)(C)C(O)C(=O)NCCC(=O)NC(CC(C)C)C(=O)NC(C)(C)C(=O)NCCC(=O)NC(CC(C)C)C(=O)NC(C)(C)C(=O)NC(C)(C)C(=O)NC(CC(C)C)C(=O)NCCC(=O)NCCO. The second-order valence-electron chi connectivity index (χ2n) is 39.4. The van der Waals surface area contributed by atoms with Crippen molar-refractivity contribution in [1.29, 1.82) is 0 Å². The van der Waals surface area contributed by atoms with Gasteiger partial charge < -0.3 is 116 Å². The predicted molar refractivity (Wildman–Crippen MR) is 488 cm³/mol. The van der Waals surface area contributed by atoms with E-state index < -0.39 is 223 Å². The molecule has 10 atom stereocenters. The summed E-state index contributed by atoms with van der Waals surface area (Å²) < 4.78 is 0. The zero-order chi connectivity index (χ0) is 101. The molecule has 742 valence electrons. The molecule has 1 aromatic carbocycles. The molecule has 0 aromatic heterocycles. The molecule has 20 N–H and O–H groups in total. The van der Waals surface area contributed by atoms with Gasteiger partial charge in [0.05, 0.1) is 12.1 Å². The van der Waals surface area contributed by atoms with Crippen molar-refractivity contribution in [3.63, 3.8) is 0 Å². The van der Waals surface area contributed by atoms with Crippen molar-refractivity contribution in [1.82, 2.24) is 106 Å². The highest BCUT2D eigenvalue weighted by atomic mass is 16.3. The molecule has 0 aliphatic carbocycles. The van der Waals surface area contributed by atoms with E-state index in [4.69, 9.17) is 5.11 Å². The predicted octanol–water partition coefficient (Wildman–Crippen LogP) is -2.15. The Morgan fingerprint density at radius 1 is 0.379 bits per heavy atom. The molecule has 20 amide bonds. The molecular weight excluding hydrogens is 1710 g/mol. The Kier molecular flexibility index (Phi) is 43.3. The second kappa shape index (κ2) is 49.9. The number of aliphatic hydroxyl groups is 2. The minimum Gasteiger partial charge on any atom is -0.395 e. The van der Waals surface area contributed by atoms with Gasteiger partial charge in [-0.05, 0) is 192 Å². The Labute approximate surface area is 774 Å². The van der Waals surface area contributed by atoms with Crippen molar-refractivity contribution in [2.24, 2.45) is 17.8 Å². The Morgan fingerprint density at radius 3 is 1.17 bits per heavy atom. The van der Waals surface area contributed by atoms with Crippen LogP contribution in [0.15, 0.2) is 30.3 Å². The summed E-state index contributed by atoms with van der Waals surface area (Å²) in [5.41, 5.74) is -12.6. The number of carbonyl (C=O) groups is 20. The van der Waals surface area contributed by atoms with E-state index in [1.165, 1.54) is 134 Å². The van der Waals surface area contributed by atoms with Gasteiger partial charge in [0.15, 0.2) is 6.10 Å². The number of rotatable bonds is 51. The lowest BCUT2D eigenvalue weighted by Gasteiger charge is -2.37. The summed E-state index contributed by atoms with van der Waals surface area (Å²) in [6.45, 7) is 37.0. The van der Waals surface area contributed by atoms with Crippen LogP contribution in [0, 0.1) is 17.8 Å². The van der Waals surface area contributed by atoms with Crippen LogP contribution in [0.25, 0.3) is 0 Å². The number of hydrogen-bond donors (Lipinski definition) is 20. The molecule has 2 aliphatic heterocycles. The minimum absolute atomic E-state index is 0.0187. The van der Waals surface area contributed by atoms with Gasteiger partial charge in [-0.15, -0.1) is 0 Å². The highest BCUT2D eigenvalue weighted by molar-refractivity contribution is 6.03. The molecule has 3 rings (SSSR count). The van der Waals surface area contributed by atoms with E-state index in [9.17, 15) is 101 Å². The van der Waals surface area contributed by atoms with Crippen molar-refractivity contribution in [2.75, 3.05) is 45.9 Å². The summed E-state index contributed by atoms with van der Waals surface area (Å²) in [4.78, 5) is 275. The van der Waals surface area contributed by atoms with E-state index in [0.717, 1.165) is 0 Å². The molecule has 42 nitrogen and oxygen atoms in total. The summed E-state index contributed by atoms with van der Waals surface area (Å²) in [7, 11) is 0. The normalized spacial score (nSPS) is 16.4. The number of carbonyl (C=O) groups excluding carboxylic acids is 20. The topological polar surface area (TPSA) is 605 Å². The van der Waals surface area contributed by atoms with Crippen LogP contribution in [-0.2, 0) is 102 Å². The molecule has 0 bridgehead atoms. The third-order valence-electron chi connectivity index (χ3n) is 22.4. The van der Waals surface area contributed by atoms with E-state index in [2.05, 4.69) is 95.7 Å². The summed E-state index contributed by atoms with van der Waals surface area (Å²) in [6, 6.07) is -0.821. The fourth-order valence-electron chi connectivity index (χ4n) is 14.3.